The molecule has 20 heavy (non-hydrogen) atoms. The number of nitrogens with one attached hydrogen (secondary N) is 2. The number of benzene rings is 1. The second-order valence-corrected chi connectivity index (χ2v) is 5.66. The number of aliphatic carboxylic acids is 1. The molecule has 0 spiro atoms. The van der Waals surface area contributed by atoms with Gasteiger partial charge in [-0.3, -0.25) is 4.79 Å². The van der Waals surface area contributed by atoms with Gasteiger partial charge in [0, 0.05) is 23.5 Å². The first-order chi connectivity index (χ1) is 9.74. The zero-order valence-corrected chi connectivity index (χ0v) is 11.4. The van der Waals surface area contributed by atoms with Crippen LogP contribution in [0.1, 0.15) is 24.8 Å². The summed E-state index contributed by atoms with van der Waals surface area (Å²) in [6.45, 7) is 0.819. The highest BCUT2D eigenvalue weighted by molar-refractivity contribution is 5.84. The van der Waals surface area contributed by atoms with E-state index >= 15 is 0 Å². The molecule has 1 unspecified atom stereocenters. The summed E-state index contributed by atoms with van der Waals surface area (Å²) in [4.78, 5) is 14.6. The molecule has 1 atom stereocenters. The van der Waals surface area contributed by atoms with Crippen molar-refractivity contribution in [2.24, 2.45) is 5.92 Å². The van der Waals surface area contributed by atoms with Gasteiger partial charge in [0.2, 0.25) is 0 Å². The summed E-state index contributed by atoms with van der Waals surface area (Å²) in [5, 5.41) is 13.7. The zero-order valence-electron chi connectivity index (χ0n) is 11.4. The molecule has 3 N–H and O–H groups in total. The van der Waals surface area contributed by atoms with Gasteiger partial charge in [0.05, 0.1) is 0 Å². The van der Waals surface area contributed by atoms with E-state index in [1.165, 1.54) is 19.3 Å². The lowest BCUT2D eigenvalue weighted by atomic mass is 9.85. The van der Waals surface area contributed by atoms with Crippen LogP contribution in [0.4, 0.5) is 0 Å². The van der Waals surface area contributed by atoms with Gasteiger partial charge in [-0.15, -0.1) is 0 Å². The molecule has 0 bridgehead atoms. The van der Waals surface area contributed by atoms with Gasteiger partial charge in [0.15, 0.2) is 0 Å². The summed E-state index contributed by atoms with van der Waals surface area (Å²) < 4.78 is 0. The van der Waals surface area contributed by atoms with Crippen molar-refractivity contribution in [3.05, 3.63) is 36.0 Å². The van der Waals surface area contributed by atoms with E-state index in [0.29, 0.717) is 12.3 Å². The monoisotopic (exact) mass is 272 g/mol. The van der Waals surface area contributed by atoms with E-state index in [1.54, 1.807) is 0 Å². The first-order valence-electron chi connectivity index (χ1n) is 7.25. The Hall–Kier alpha value is -1.81. The molecule has 2 aromatic rings. The van der Waals surface area contributed by atoms with E-state index in [2.05, 4.69) is 10.3 Å². The predicted octanol–water partition coefficient (Wildman–Crippen LogP) is 2.55. The van der Waals surface area contributed by atoms with Crippen LogP contribution in [0.25, 0.3) is 10.9 Å². The van der Waals surface area contributed by atoms with Crippen molar-refractivity contribution < 1.29 is 9.90 Å². The van der Waals surface area contributed by atoms with E-state index in [9.17, 15) is 9.90 Å². The van der Waals surface area contributed by atoms with Crippen LogP contribution < -0.4 is 5.32 Å². The Balaban J connectivity index is 1.70. The van der Waals surface area contributed by atoms with Gasteiger partial charge >= 0.3 is 5.97 Å². The average molecular weight is 272 g/mol. The lowest BCUT2D eigenvalue weighted by Crippen LogP contribution is -2.42. The minimum atomic E-state index is -0.769. The molecule has 1 saturated carbocycles. The topological polar surface area (TPSA) is 65.1 Å². The molecular weight excluding hydrogens is 252 g/mol. The molecule has 0 saturated heterocycles. The largest absolute Gasteiger partial charge is 0.480 e. The minimum absolute atomic E-state index is 0.505. The summed E-state index contributed by atoms with van der Waals surface area (Å²) in [5.41, 5.74) is 2.12. The first-order valence-corrected chi connectivity index (χ1v) is 7.25. The molecule has 3 rings (SSSR count). The molecule has 1 aliphatic carbocycles. The number of aromatic amines is 1. The van der Waals surface area contributed by atoms with E-state index in [-0.39, 0.29) is 0 Å². The second kappa shape index (κ2) is 5.67. The van der Waals surface area contributed by atoms with Crippen LogP contribution in [0.5, 0.6) is 0 Å². The standard InChI is InChI=1S/C16H20N2O2/c19-16(20)15(17-9-11-4-3-5-11)8-12-10-18-14-7-2-1-6-13(12)14/h1-2,6-7,10-11,15,17-18H,3-5,8-9H2,(H,19,20). The maximum atomic E-state index is 11.4. The first kappa shape index (κ1) is 13.2. The molecule has 1 aromatic carbocycles. The van der Waals surface area contributed by atoms with E-state index in [0.717, 1.165) is 23.0 Å². The number of carbonyl (C=O) groups is 1. The predicted molar refractivity (Wildman–Crippen MR) is 78.8 cm³/mol. The summed E-state index contributed by atoms with van der Waals surface area (Å²) in [6.07, 6.45) is 6.18. The normalized spacial score (nSPS) is 17.0. The van der Waals surface area contributed by atoms with E-state index in [4.69, 9.17) is 0 Å². The number of hydrogen-bond donors (Lipinski definition) is 3. The third-order valence-electron chi connectivity index (χ3n) is 4.27. The molecule has 106 valence electrons. The molecular formula is C16H20N2O2. The van der Waals surface area contributed by atoms with Gasteiger partial charge in [-0.05, 0) is 36.9 Å². The molecule has 0 radical (unpaired) electrons. The second-order valence-electron chi connectivity index (χ2n) is 5.66. The Kier molecular flexibility index (Phi) is 3.74. The van der Waals surface area contributed by atoms with Crippen LogP contribution in [0.2, 0.25) is 0 Å². The quantitative estimate of drug-likeness (QED) is 0.757. The van der Waals surface area contributed by atoms with Crippen molar-refractivity contribution in [2.45, 2.75) is 31.7 Å². The van der Waals surface area contributed by atoms with Gasteiger partial charge in [-0.2, -0.15) is 0 Å². The van der Waals surface area contributed by atoms with Crippen LogP contribution in [-0.2, 0) is 11.2 Å². The van der Waals surface area contributed by atoms with Gasteiger partial charge in [0.25, 0.3) is 0 Å². The molecule has 1 aromatic heterocycles. The number of aromatic nitrogens is 1. The summed E-state index contributed by atoms with van der Waals surface area (Å²) in [7, 11) is 0. The number of rotatable bonds is 6. The number of carboxylic acids is 1. The van der Waals surface area contributed by atoms with Crippen molar-refractivity contribution in [1.82, 2.24) is 10.3 Å². The molecule has 0 amide bonds. The number of carboxylic acid groups (broad SMARTS) is 1. The van der Waals surface area contributed by atoms with Crippen LogP contribution in [0.3, 0.4) is 0 Å². The van der Waals surface area contributed by atoms with Gasteiger partial charge in [0.1, 0.15) is 6.04 Å². The van der Waals surface area contributed by atoms with Gasteiger partial charge < -0.3 is 15.4 Å². The Morgan fingerprint density at radius 2 is 2.20 bits per heavy atom. The maximum absolute atomic E-state index is 11.4. The molecule has 1 heterocycles. The minimum Gasteiger partial charge on any atom is -0.480 e. The Bertz CT molecular complexity index is 601. The third-order valence-corrected chi connectivity index (χ3v) is 4.27. The maximum Gasteiger partial charge on any atom is 0.321 e. The van der Waals surface area contributed by atoms with Crippen LogP contribution in [-0.4, -0.2) is 28.6 Å². The van der Waals surface area contributed by atoms with Crippen LogP contribution in [0.15, 0.2) is 30.5 Å². The highest BCUT2D eigenvalue weighted by Crippen LogP contribution is 2.25. The number of para-hydroxylation sites is 1. The number of H-pyrrole nitrogens is 1. The molecule has 4 nitrogen and oxygen atoms in total. The average Bonchev–Trinajstić information content (AvgIpc) is 2.79. The lowest BCUT2D eigenvalue weighted by molar-refractivity contribution is -0.139. The molecule has 1 aliphatic rings. The van der Waals surface area contributed by atoms with Crippen molar-refractivity contribution in [3.8, 4) is 0 Å². The Morgan fingerprint density at radius 1 is 1.40 bits per heavy atom. The smallest absolute Gasteiger partial charge is 0.321 e. The number of fused-ring (bicyclic) bond motifs is 1. The summed E-state index contributed by atoms with van der Waals surface area (Å²) >= 11 is 0. The van der Waals surface area contributed by atoms with Gasteiger partial charge in [-0.1, -0.05) is 24.6 Å². The molecule has 0 aliphatic heterocycles. The molecule has 1 fully saturated rings. The molecule has 4 heteroatoms. The highest BCUT2D eigenvalue weighted by atomic mass is 16.4. The fraction of sp³-hybridized carbons (Fsp3) is 0.438. The van der Waals surface area contributed by atoms with Crippen molar-refractivity contribution in [2.75, 3.05) is 6.54 Å². The van der Waals surface area contributed by atoms with Crippen LogP contribution in [0, 0.1) is 5.92 Å². The lowest BCUT2D eigenvalue weighted by Gasteiger charge is -2.27. The van der Waals surface area contributed by atoms with Crippen molar-refractivity contribution in [3.63, 3.8) is 0 Å². The van der Waals surface area contributed by atoms with Crippen molar-refractivity contribution in [1.29, 1.82) is 0 Å². The van der Waals surface area contributed by atoms with E-state index in [1.807, 2.05) is 30.5 Å². The Morgan fingerprint density at radius 3 is 2.90 bits per heavy atom. The highest BCUT2D eigenvalue weighted by Gasteiger charge is 2.23. The number of hydrogen-bond acceptors (Lipinski definition) is 2. The SMILES string of the molecule is O=C(O)C(Cc1c[nH]c2ccccc12)NCC1CCC1. The third kappa shape index (κ3) is 2.70. The van der Waals surface area contributed by atoms with Gasteiger partial charge in [-0.25, -0.2) is 0 Å². The van der Waals surface area contributed by atoms with E-state index < -0.39 is 12.0 Å². The fourth-order valence-electron chi connectivity index (χ4n) is 2.77. The zero-order chi connectivity index (χ0) is 13.9. The fourth-order valence-corrected chi connectivity index (χ4v) is 2.77. The van der Waals surface area contributed by atoms with Crippen LogP contribution >= 0.6 is 0 Å². The Labute approximate surface area is 118 Å². The van der Waals surface area contributed by atoms with Crippen molar-refractivity contribution >= 4 is 16.9 Å². The summed E-state index contributed by atoms with van der Waals surface area (Å²) in [5.74, 6) is -0.102. The summed E-state index contributed by atoms with van der Waals surface area (Å²) in [6, 6.07) is 7.50.